The molecule has 0 saturated heterocycles. The van der Waals surface area contributed by atoms with Gasteiger partial charge in [0.1, 0.15) is 17.7 Å². The van der Waals surface area contributed by atoms with E-state index in [-0.39, 0.29) is 17.5 Å². The molecule has 3 rings (SSSR count). The summed E-state index contributed by atoms with van der Waals surface area (Å²) in [7, 11) is 1.82. The van der Waals surface area contributed by atoms with Crippen molar-refractivity contribution in [1.29, 1.82) is 0 Å². The average Bonchev–Trinajstić information content (AvgIpc) is 3.21. The van der Waals surface area contributed by atoms with E-state index in [4.69, 9.17) is 4.42 Å². The molecule has 24 heavy (non-hydrogen) atoms. The lowest BCUT2D eigenvalue weighted by molar-refractivity contribution is 0.0908. The van der Waals surface area contributed by atoms with Crippen molar-refractivity contribution in [2.24, 2.45) is 7.05 Å². The van der Waals surface area contributed by atoms with Gasteiger partial charge in [-0.3, -0.25) is 4.79 Å². The van der Waals surface area contributed by atoms with E-state index in [0.717, 1.165) is 0 Å². The Kier molecular flexibility index (Phi) is 4.71. The molecule has 7 heteroatoms. The van der Waals surface area contributed by atoms with Crippen molar-refractivity contribution in [1.82, 2.24) is 14.9 Å². The molecule has 0 spiro atoms. The Labute approximate surface area is 142 Å². The zero-order chi connectivity index (χ0) is 17.1. The fraction of sp³-hybridized carbons (Fsp3) is 0.176. The van der Waals surface area contributed by atoms with Crippen LogP contribution in [0.25, 0.3) is 0 Å². The summed E-state index contributed by atoms with van der Waals surface area (Å²) in [4.78, 5) is 16.8. The summed E-state index contributed by atoms with van der Waals surface area (Å²) in [5, 5.41) is 3.52. The lowest BCUT2D eigenvalue weighted by atomic mass is 10.1. The predicted octanol–water partition coefficient (Wildman–Crippen LogP) is 3.39. The van der Waals surface area contributed by atoms with Crippen LogP contribution in [0.5, 0.6) is 0 Å². The molecular formula is C17H16FN3O2S. The normalized spacial score (nSPS) is 12.1. The third-order valence-corrected chi connectivity index (χ3v) is 4.20. The summed E-state index contributed by atoms with van der Waals surface area (Å²) in [5.74, 6) is 0.0525. The van der Waals surface area contributed by atoms with E-state index in [0.29, 0.717) is 16.5 Å². The number of nitrogens with zero attached hydrogens (tertiary/aromatic N) is 2. The lowest BCUT2D eigenvalue weighted by Gasteiger charge is -2.18. The highest BCUT2D eigenvalue weighted by molar-refractivity contribution is 7.98. The standard InChI is InChI=1S/C17H16FN3O2S/c1-21-9-8-19-16(21)15(11-4-3-5-12(18)10-11)20-17(22)13-6-7-14(23-13)24-2/h3-10,15H,1-2H3,(H,20,22). The van der Waals surface area contributed by atoms with Gasteiger partial charge in [0.25, 0.3) is 5.91 Å². The second-order valence-corrected chi connectivity index (χ2v) is 5.99. The molecule has 1 aromatic carbocycles. The molecule has 1 atom stereocenters. The monoisotopic (exact) mass is 345 g/mol. The molecule has 124 valence electrons. The summed E-state index contributed by atoms with van der Waals surface area (Å²) >= 11 is 1.41. The van der Waals surface area contributed by atoms with E-state index in [1.807, 2.05) is 13.3 Å². The van der Waals surface area contributed by atoms with Gasteiger partial charge < -0.3 is 14.3 Å². The highest BCUT2D eigenvalue weighted by Gasteiger charge is 2.23. The first kappa shape index (κ1) is 16.3. The van der Waals surface area contributed by atoms with Gasteiger partial charge in [0, 0.05) is 19.4 Å². The number of aryl methyl sites for hydroxylation is 1. The minimum absolute atomic E-state index is 0.204. The Morgan fingerprint density at radius 1 is 1.38 bits per heavy atom. The Hall–Kier alpha value is -2.54. The van der Waals surface area contributed by atoms with Crippen LogP contribution in [0, 0.1) is 5.82 Å². The van der Waals surface area contributed by atoms with E-state index in [2.05, 4.69) is 10.3 Å². The number of halogens is 1. The zero-order valence-corrected chi connectivity index (χ0v) is 14.0. The second kappa shape index (κ2) is 6.92. The van der Waals surface area contributed by atoms with Crippen molar-refractivity contribution in [3.05, 3.63) is 71.8 Å². The van der Waals surface area contributed by atoms with E-state index < -0.39 is 6.04 Å². The van der Waals surface area contributed by atoms with Crippen molar-refractivity contribution < 1.29 is 13.6 Å². The molecule has 2 heterocycles. The number of nitrogens with one attached hydrogen (secondary N) is 1. The number of furan rings is 1. The van der Waals surface area contributed by atoms with Gasteiger partial charge in [0.15, 0.2) is 10.9 Å². The van der Waals surface area contributed by atoms with Gasteiger partial charge in [-0.25, -0.2) is 9.37 Å². The second-order valence-electron chi connectivity index (χ2n) is 5.18. The van der Waals surface area contributed by atoms with Crippen LogP contribution < -0.4 is 5.32 Å². The third kappa shape index (κ3) is 3.35. The van der Waals surface area contributed by atoms with Crippen LogP contribution in [0.1, 0.15) is 28.0 Å². The molecule has 1 amide bonds. The zero-order valence-electron chi connectivity index (χ0n) is 13.2. The van der Waals surface area contributed by atoms with Crippen LogP contribution in [-0.2, 0) is 7.05 Å². The number of rotatable bonds is 5. The molecule has 0 bridgehead atoms. The predicted molar refractivity (Wildman–Crippen MR) is 89.4 cm³/mol. The van der Waals surface area contributed by atoms with Crippen LogP contribution in [0.4, 0.5) is 4.39 Å². The summed E-state index contributed by atoms with van der Waals surface area (Å²) in [6.07, 6.45) is 5.27. The molecular weight excluding hydrogens is 329 g/mol. The van der Waals surface area contributed by atoms with Gasteiger partial charge in [-0.05, 0) is 36.1 Å². The number of benzene rings is 1. The van der Waals surface area contributed by atoms with Gasteiger partial charge in [0.2, 0.25) is 0 Å². The molecule has 0 radical (unpaired) electrons. The summed E-state index contributed by atoms with van der Waals surface area (Å²) in [6.45, 7) is 0. The number of carbonyl (C=O) groups excluding carboxylic acids is 1. The van der Waals surface area contributed by atoms with E-state index in [1.165, 1.54) is 23.9 Å². The molecule has 1 unspecified atom stereocenters. The van der Waals surface area contributed by atoms with E-state index >= 15 is 0 Å². The van der Waals surface area contributed by atoms with Crippen molar-refractivity contribution in [3.63, 3.8) is 0 Å². The quantitative estimate of drug-likeness (QED) is 0.720. The maximum absolute atomic E-state index is 13.6. The van der Waals surface area contributed by atoms with Crippen LogP contribution in [0.15, 0.2) is 58.3 Å². The van der Waals surface area contributed by atoms with Crippen molar-refractivity contribution in [2.45, 2.75) is 11.1 Å². The number of carbonyl (C=O) groups is 1. The first-order valence-corrected chi connectivity index (χ1v) is 8.48. The first-order chi connectivity index (χ1) is 11.6. The molecule has 0 aliphatic carbocycles. The number of imidazole rings is 1. The Balaban J connectivity index is 1.93. The van der Waals surface area contributed by atoms with Crippen LogP contribution in [0.3, 0.4) is 0 Å². The van der Waals surface area contributed by atoms with Crippen molar-refractivity contribution in [2.75, 3.05) is 6.26 Å². The molecule has 2 aromatic heterocycles. The molecule has 0 fully saturated rings. The Morgan fingerprint density at radius 3 is 2.83 bits per heavy atom. The lowest BCUT2D eigenvalue weighted by Crippen LogP contribution is -2.31. The number of hydrogen-bond acceptors (Lipinski definition) is 4. The summed E-state index contributed by atoms with van der Waals surface area (Å²) in [6, 6.07) is 8.85. The molecule has 5 nitrogen and oxygen atoms in total. The fourth-order valence-electron chi connectivity index (χ4n) is 2.39. The van der Waals surface area contributed by atoms with Crippen LogP contribution in [-0.4, -0.2) is 21.7 Å². The van der Waals surface area contributed by atoms with Gasteiger partial charge in [-0.2, -0.15) is 0 Å². The number of thioether (sulfide) groups is 1. The largest absolute Gasteiger partial charge is 0.445 e. The molecule has 3 aromatic rings. The average molecular weight is 345 g/mol. The third-order valence-electron chi connectivity index (χ3n) is 3.58. The Morgan fingerprint density at radius 2 is 2.21 bits per heavy atom. The molecule has 1 N–H and O–H groups in total. The van der Waals surface area contributed by atoms with Crippen LogP contribution in [0.2, 0.25) is 0 Å². The maximum Gasteiger partial charge on any atom is 0.287 e. The molecule has 0 aliphatic heterocycles. The number of aromatic nitrogens is 2. The van der Waals surface area contributed by atoms with Crippen molar-refractivity contribution >= 4 is 17.7 Å². The summed E-state index contributed by atoms with van der Waals surface area (Å²) < 4.78 is 20.9. The number of amides is 1. The van der Waals surface area contributed by atoms with E-state index in [1.54, 1.807) is 41.2 Å². The first-order valence-electron chi connectivity index (χ1n) is 7.26. The van der Waals surface area contributed by atoms with Crippen LogP contribution >= 0.6 is 11.8 Å². The van der Waals surface area contributed by atoms with Gasteiger partial charge in [0.05, 0.1) is 0 Å². The minimum atomic E-state index is -0.587. The molecule has 0 saturated carbocycles. The van der Waals surface area contributed by atoms with Gasteiger partial charge in [-0.15, -0.1) is 0 Å². The highest BCUT2D eigenvalue weighted by Crippen LogP contribution is 2.23. The topological polar surface area (TPSA) is 60.1 Å². The molecule has 0 aliphatic rings. The fourth-order valence-corrected chi connectivity index (χ4v) is 2.77. The minimum Gasteiger partial charge on any atom is -0.445 e. The number of hydrogen-bond donors (Lipinski definition) is 1. The van der Waals surface area contributed by atoms with E-state index in [9.17, 15) is 9.18 Å². The van der Waals surface area contributed by atoms with Gasteiger partial charge >= 0.3 is 0 Å². The summed E-state index contributed by atoms with van der Waals surface area (Å²) in [5.41, 5.74) is 0.606. The van der Waals surface area contributed by atoms with Gasteiger partial charge in [-0.1, -0.05) is 23.9 Å². The Bertz CT molecular complexity index is 859. The SMILES string of the molecule is CSc1ccc(C(=O)NC(c2cccc(F)c2)c2nccn2C)o1. The highest BCUT2D eigenvalue weighted by atomic mass is 32.2. The smallest absolute Gasteiger partial charge is 0.287 e. The maximum atomic E-state index is 13.6. The van der Waals surface area contributed by atoms with Crippen molar-refractivity contribution in [3.8, 4) is 0 Å².